The van der Waals surface area contributed by atoms with Gasteiger partial charge in [0.1, 0.15) is 12.1 Å². The van der Waals surface area contributed by atoms with Crippen LogP contribution in [0.25, 0.3) is 10.2 Å². The first-order valence-corrected chi connectivity index (χ1v) is 8.21. The normalized spacial score (nSPS) is 19.0. The Morgan fingerprint density at radius 3 is 3.23 bits per heavy atom. The lowest BCUT2D eigenvalue weighted by molar-refractivity contribution is 0.0273. The third-order valence-corrected chi connectivity index (χ3v) is 4.72. The molecule has 1 aliphatic rings. The summed E-state index contributed by atoms with van der Waals surface area (Å²) in [4.78, 5) is 11.1. The van der Waals surface area contributed by atoms with Crippen LogP contribution in [-0.4, -0.2) is 45.5 Å². The van der Waals surface area contributed by atoms with Gasteiger partial charge in [0, 0.05) is 19.3 Å². The van der Waals surface area contributed by atoms with Crippen molar-refractivity contribution in [3.05, 3.63) is 35.7 Å². The monoisotopic (exact) mass is 315 g/mol. The van der Waals surface area contributed by atoms with Gasteiger partial charge in [-0.25, -0.2) is 9.97 Å². The maximum Gasteiger partial charge on any atom is 0.150 e. The van der Waals surface area contributed by atoms with E-state index < -0.39 is 0 Å². The van der Waals surface area contributed by atoms with Crippen molar-refractivity contribution >= 4 is 27.4 Å². The van der Waals surface area contributed by atoms with Gasteiger partial charge < -0.3 is 9.64 Å². The first-order valence-electron chi connectivity index (χ1n) is 7.33. The molecule has 0 N–H and O–H groups in total. The average Bonchev–Trinajstić information content (AvgIpc) is 3.16. The number of nitrogens with zero attached hydrogens (tertiary/aromatic N) is 5. The molecule has 0 radical (unpaired) electrons. The highest BCUT2D eigenvalue weighted by Crippen LogP contribution is 2.28. The molecular weight excluding hydrogens is 298 g/mol. The molecule has 6 nitrogen and oxygen atoms in total. The van der Waals surface area contributed by atoms with Crippen LogP contribution in [0.3, 0.4) is 0 Å². The van der Waals surface area contributed by atoms with Crippen molar-refractivity contribution < 1.29 is 4.74 Å². The maximum atomic E-state index is 5.89. The van der Waals surface area contributed by atoms with Crippen molar-refractivity contribution in [2.75, 3.05) is 24.6 Å². The lowest BCUT2D eigenvalue weighted by atomic mass is 10.2. The Morgan fingerprint density at radius 2 is 2.36 bits per heavy atom. The molecule has 22 heavy (non-hydrogen) atoms. The Kier molecular flexibility index (Phi) is 3.51. The average molecular weight is 315 g/mol. The smallest absolute Gasteiger partial charge is 0.150 e. The van der Waals surface area contributed by atoms with Gasteiger partial charge in [0.05, 0.1) is 35.7 Å². The molecule has 0 amide bonds. The van der Waals surface area contributed by atoms with E-state index in [1.54, 1.807) is 17.7 Å². The first kappa shape index (κ1) is 13.7. The minimum Gasteiger partial charge on any atom is -0.373 e. The lowest BCUT2D eigenvalue weighted by Crippen LogP contribution is -2.44. The summed E-state index contributed by atoms with van der Waals surface area (Å²) in [6.07, 6.45) is 5.69. The van der Waals surface area contributed by atoms with Gasteiger partial charge in [-0.1, -0.05) is 0 Å². The Balaban J connectivity index is 1.54. The second kappa shape index (κ2) is 5.66. The van der Waals surface area contributed by atoms with Crippen LogP contribution in [0.4, 0.5) is 5.82 Å². The number of rotatable bonds is 3. The molecule has 1 atom stereocenters. The number of thiophene rings is 1. The van der Waals surface area contributed by atoms with E-state index in [1.807, 2.05) is 30.1 Å². The zero-order chi connectivity index (χ0) is 14.9. The summed E-state index contributed by atoms with van der Waals surface area (Å²) >= 11 is 1.69. The van der Waals surface area contributed by atoms with Gasteiger partial charge in [-0.3, -0.25) is 4.68 Å². The molecule has 1 fully saturated rings. The molecule has 0 bridgehead atoms. The van der Waals surface area contributed by atoms with E-state index in [1.165, 1.54) is 5.56 Å². The molecule has 0 saturated carbocycles. The van der Waals surface area contributed by atoms with Crippen LogP contribution in [0.5, 0.6) is 0 Å². The van der Waals surface area contributed by atoms with Crippen LogP contribution in [0.1, 0.15) is 5.56 Å². The molecule has 114 valence electrons. The van der Waals surface area contributed by atoms with E-state index in [0.717, 1.165) is 35.7 Å². The third kappa shape index (κ3) is 2.57. The second-order valence-corrected chi connectivity index (χ2v) is 6.43. The van der Waals surface area contributed by atoms with Crippen molar-refractivity contribution in [1.29, 1.82) is 0 Å². The summed E-state index contributed by atoms with van der Waals surface area (Å²) in [6, 6.07) is 2.04. The van der Waals surface area contributed by atoms with E-state index in [9.17, 15) is 0 Å². The number of aromatic nitrogens is 4. The van der Waals surface area contributed by atoms with Gasteiger partial charge in [-0.05, 0) is 23.9 Å². The summed E-state index contributed by atoms with van der Waals surface area (Å²) in [7, 11) is 0. The second-order valence-electron chi connectivity index (χ2n) is 5.51. The molecule has 3 aromatic rings. The predicted octanol–water partition coefficient (Wildman–Crippen LogP) is 2.10. The standard InChI is InChI=1S/C15H17N5OS/c1-11-6-18-20(7-11)9-12-8-19(3-4-21-12)15-14-13(2-5-22-14)16-10-17-15/h2,5-7,10,12H,3-4,8-9H2,1H3/t12-/m1/s1. The first-order chi connectivity index (χ1) is 10.8. The van der Waals surface area contributed by atoms with Crippen LogP contribution in [-0.2, 0) is 11.3 Å². The highest BCUT2D eigenvalue weighted by molar-refractivity contribution is 7.17. The van der Waals surface area contributed by atoms with Crippen molar-refractivity contribution in [2.45, 2.75) is 19.6 Å². The number of hydrogen-bond donors (Lipinski definition) is 0. The third-order valence-electron chi connectivity index (χ3n) is 3.82. The molecule has 0 unspecified atom stereocenters. The zero-order valence-corrected chi connectivity index (χ0v) is 13.2. The van der Waals surface area contributed by atoms with E-state index in [2.05, 4.69) is 25.3 Å². The highest BCUT2D eigenvalue weighted by atomic mass is 32.1. The van der Waals surface area contributed by atoms with Crippen molar-refractivity contribution in [3.63, 3.8) is 0 Å². The Hall–Kier alpha value is -1.99. The number of fused-ring (bicyclic) bond motifs is 1. The molecule has 4 rings (SSSR count). The highest BCUT2D eigenvalue weighted by Gasteiger charge is 2.24. The molecule has 0 aliphatic carbocycles. The van der Waals surface area contributed by atoms with E-state index in [-0.39, 0.29) is 6.10 Å². The number of ether oxygens (including phenoxy) is 1. The van der Waals surface area contributed by atoms with Crippen molar-refractivity contribution in [3.8, 4) is 0 Å². The van der Waals surface area contributed by atoms with Gasteiger partial charge in [0.25, 0.3) is 0 Å². The van der Waals surface area contributed by atoms with Crippen LogP contribution in [0.2, 0.25) is 0 Å². The fraction of sp³-hybridized carbons (Fsp3) is 0.400. The fourth-order valence-corrected chi connectivity index (χ4v) is 3.66. The van der Waals surface area contributed by atoms with Crippen LogP contribution < -0.4 is 4.90 Å². The number of hydrogen-bond acceptors (Lipinski definition) is 6. The summed E-state index contributed by atoms with van der Waals surface area (Å²) in [6.45, 7) is 5.21. The molecule has 4 heterocycles. The zero-order valence-electron chi connectivity index (χ0n) is 12.3. The van der Waals surface area contributed by atoms with Crippen LogP contribution in [0.15, 0.2) is 30.2 Å². The van der Waals surface area contributed by atoms with E-state index in [0.29, 0.717) is 6.61 Å². The Labute approximate surface area is 132 Å². The van der Waals surface area contributed by atoms with Gasteiger partial charge in [-0.15, -0.1) is 11.3 Å². The lowest BCUT2D eigenvalue weighted by Gasteiger charge is -2.33. The maximum absolute atomic E-state index is 5.89. The Bertz CT molecular complexity index is 783. The van der Waals surface area contributed by atoms with Crippen LogP contribution in [0, 0.1) is 6.92 Å². The molecule has 7 heteroatoms. The van der Waals surface area contributed by atoms with Gasteiger partial charge >= 0.3 is 0 Å². The molecule has 0 aromatic carbocycles. The predicted molar refractivity (Wildman–Crippen MR) is 86.3 cm³/mol. The molecule has 0 spiro atoms. The molecule has 1 saturated heterocycles. The fourth-order valence-electron chi connectivity index (χ4n) is 2.80. The van der Waals surface area contributed by atoms with E-state index in [4.69, 9.17) is 4.74 Å². The number of morpholine rings is 1. The van der Waals surface area contributed by atoms with Gasteiger partial charge in [0.2, 0.25) is 0 Å². The summed E-state index contributed by atoms with van der Waals surface area (Å²) in [5.41, 5.74) is 2.18. The summed E-state index contributed by atoms with van der Waals surface area (Å²) < 4.78 is 8.99. The Morgan fingerprint density at radius 1 is 1.41 bits per heavy atom. The molecule has 1 aliphatic heterocycles. The molecular formula is C15H17N5OS. The molecule has 3 aromatic heterocycles. The van der Waals surface area contributed by atoms with Gasteiger partial charge in [0.15, 0.2) is 0 Å². The summed E-state index contributed by atoms with van der Waals surface area (Å²) in [5.74, 6) is 1.02. The van der Waals surface area contributed by atoms with Gasteiger partial charge in [-0.2, -0.15) is 5.10 Å². The topological polar surface area (TPSA) is 56.1 Å². The SMILES string of the molecule is Cc1cnn(C[C@H]2CN(c3ncnc4ccsc34)CCO2)c1. The largest absolute Gasteiger partial charge is 0.373 e. The minimum absolute atomic E-state index is 0.123. The minimum atomic E-state index is 0.123. The van der Waals surface area contributed by atoms with Crippen molar-refractivity contribution in [1.82, 2.24) is 19.7 Å². The quantitative estimate of drug-likeness (QED) is 0.741. The summed E-state index contributed by atoms with van der Waals surface area (Å²) in [5, 5.41) is 6.41. The van der Waals surface area contributed by atoms with Crippen LogP contribution >= 0.6 is 11.3 Å². The van der Waals surface area contributed by atoms with Crippen molar-refractivity contribution in [2.24, 2.45) is 0 Å². The number of aryl methyl sites for hydroxylation is 1. The number of anilines is 1. The van der Waals surface area contributed by atoms with E-state index >= 15 is 0 Å².